The minimum atomic E-state index is -3.59. The molecule has 0 saturated heterocycles. The molecule has 0 unspecified atom stereocenters. The summed E-state index contributed by atoms with van der Waals surface area (Å²) in [5.41, 5.74) is 1.59. The van der Waals surface area contributed by atoms with Crippen molar-refractivity contribution in [3.63, 3.8) is 0 Å². The highest BCUT2D eigenvalue weighted by molar-refractivity contribution is 7.89. The highest BCUT2D eigenvalue weighted by Crippen LogP contribution is 2.26. The third kappa shape index (κ3) is 5.75. The molecule has 4 rings (SSSR count). The first-order chi connectivity index (χ1) is 15.0. The molecule has 0 bridgehead atoms. The second-order valence-corrected chi connectivity index (χ2v) is 10.2. The van der Waals surface area contributed by atoms with Gasteiger partial charge >= 0.3 is 0 Å². The van der Waals surface area contributed by atoms with Crippen molar-refractivity contribution in [2.45, 2.75) is 68.8 Å². The summed E-state index contributed by atoms with van der Waals surface area (Å²) in [4.78, 5) is 14.4. The zero-order valence-electron chi connectivity index (χ0n) is 17.8. The summed E-state index contributed by atoms with van der Waals surface area (Å²) in [6.07, 6.45) is 9.21. The number of carbonyl (C=O) groups is 1. The van der Waals surface area contributed by atoms with Gasteiger partial charge in [-0.3, -0.25) is 9.69 Å². The second kappa shape index (κ2) is 9.97. The molecule has 2 N–H and O–H groups in total. The first kappa shape index (κ1) is 22.0. The summed E-state index contributed by atoms with van der Waals surface area (Å²) in [5, 5.41) is 2.84. The molecule has 0 spiro atoms. The summed E-state index contributed by atoms with van der Waals surface area (Å²) in [6, 6.07) is 9.38. The van der Waals surface area contributed by atoms with Crippen LogP contribution in [0.15, 0.2) is 45.9 Å². The number of carbonyl (C=O) groups excluding carboxylic acids is 1. The molecule has 31 heavy (non-hydrogen) atoms. The predicted molar refractivity (Wildman–Crippen MR) is 119 cm³/mol. The molecule has 1 aromatic heterocycles. The number of amides is 1. The van der Waals surface area contributed by atoms with Crippen molar-refractivity contribution in [1.82, 2.24) is 9.62 Å². The van der Waals surface area contributed by atoms with Crippen LogP contribution in [0.2, 0.25) is 0 Å². The molecule has 1 amide bonds. The predicted octanol–water partition coefficient (Wildman–Crippen LogP) is 3.67. The van der Waals surface area contributed by atoms with Gasteiger partial charge in [0.05, 0.1) is 17.7 Å². The van der Waals surface area contributed by atoms with Gasteiger partial charge in [0.1, 0.15) is 5.76 Å². The number of rotatable bonds is 9. The zero-order chi connectivity index (χ0) is 21.7. The van der Waals surface area contributed by atoms with Crippen LogP contribution in [-0.2, 0) is 27.8 Å². The van der Waals surface area contributed by atoms with Crippen LogP contribution in [0.1, 0.15) is 56.3 Å². The van der Waals surface area contributed by atoms with Gasteiger partial charge in [0.15, 0.2) is 0 Å². The maximum atomic E-state index is 12.8. The number of fused-ring (bicyclic) bond motifs is 1. The Balaban J connectivity index is 1.33. The maximum absolute atomic E-state index is 12.8. The SMILES string of the molecule is O=C1CCCc2cc(S(=O)(=O)NCCCN(Cc3ccco3)C3CCCC3)ccc2N1. The van der Waals surface area contributed by atoms with Crippen LogP contribution in [0, 0.1) is 0 Å². The standard InChI is InChI=1S/C23H31N3O4S/c27-23-10-3-6-18-16-21(11-12-22(18)25-23)31(28,29)24-13-5-14-26(19-7-1-2-8-19)17-20-9-4-15-30-20/h4,9,11-12,15-16,19,24H,1-3,5-8,10,13-14,17H2,(H,25,27). The molecule has 2 heterocycles. The van der Waals surface area contributed by atoms with Gasteiger partial charge in [-0.15, -0.1) is 0 Å². The van der Waals surface area contributed by atoms with Gasteiger partial charge in [-0.05, 0) is 68.0 Å². The number of benzene rings is 1. The summed E-state index contributed by atoms with van der Waals surface area (Å²) >= 11 is 0. The molecular weight excluding hydrogens is 414 g/mol. The van der Waals surface area contributed by atoms with Gasteiger partial charge < -0.3 is 9.73 Å². The lowest BCUT2D eigenvalue weighted by Gasteiger charge is -2.28. The molecule has 8 heteroatoms. The van der Waals surface area contributed by atoms with Crippen molar-refractivity contribution < 1.29 is 17.6 Å². The number of hydrogen-bond acceptors (Lipinski definition) is 5. The van der Waals surface area contributed by atoms with Crippen LogP contribution in [0.4, 0.5) is 5.69 Å². The van der Waals surface area contributed by atoms with Crippen molar-refractivity contribution in [2.75, 3.05) is 18.4 Å². The van der Waals surface area contributed by atoms with Crippen molar-refractivity contribution >= 4 is 21.6 Å². The molecule has 2 aromatic rings. The van der Waals surface area contributed by atoms with Crippen LogP contribution in [-0.4, -0.2) is 38.4 Å². The third-order valence-electron chi connectivity index (χ3n) is 6.21. The molecule has 1 aromatic carbocycles. The molecule has 1 aliphatic heterocycles. The molecular formula is C23H31N3O4S. The summed E-state index contributed by atoms with van der Waals surface area (Å²) in [6.45, 7) is 1.97. The largest absolute Gasteiger partial charge is 0.468 e. The average Bonchev–Trinajstić information content (AvgIpc) is 3.42. The summed E-state index contributed by atoms with van der Waals surface area (Å²) in [5.74, 6) is 0.929. The Morgan fingerprint density at radius 1 is 1.13 bits per heavy atom. The molecule has 0 atom stereocenters. The molecule has 1 saturated carbocycles. The van der Waals surface area contributed by atoms with Crippen LogP contribution >= 0.6 is 0 Å². The Hall–Kier alpha value is -2.16. The quantitative estimate of drug-likeness (QED) is 0.575. The molecule has 1 fully saturated rings. The number of sulfonamides is 1. The minimum Gasteiger partial charge on any atom is -0.468 e. The average molecular weight is 446 g/mol. The van der Waals surface area contributed by atoms with E-state index in [1.807, 2.05) is 12.1 Å². The summed E-state index contributed by atoms with van der Waals surface area (Å²) in [7, 11) is -3.59. The van der Waals surface area contributed by atoms with Crippen molar-refractivity contribution in [3.05, 3.63) is 47.9 Å². The molecule has 168 valence electrons. The zero-order valence-corrected chi connectivity index (χ0v) is 18.6. The van der Waals surface area contributed by atoms with Gasteiger partial charge in [0.25, 0.3) is 0 Å². The fourth-order valence-corrected chi connectivity index (χ4v) is 5.68. The lowest BCUT2D eigenvalue weighted by atomic mass is 10.1. The Morgan fingerprint density at radius 2 is 1.97 bits per heavy atom. The topological polar surface area (TPSA) is 91.7 Å². The van der Waals surface area contributed by atoms with Crippen LogP contribution in [0.25, 0.3) is 0 Å². The van der Waals surface area contributed by atoms with E-state index in [9.17, 15) is 13.2 Å². The lowest BCUT2D eigenvalue weighted by Crippen LogP contribution is -2.35. The number of nitrogens with zero attached hydrogens (tertiary/aromatic N) is 1. The molecule has 2 aliphatic rings. The van der Waals surface area contributed by atoms with E-state index in [2.05, 4.69) is 14.9 Å². The van der Waals surface area contributed by atoms with Gasteiger partial charge in [0, 0.05) is 31.2 Å². The van der Waals surface area contributed by atoms with Gasteiger partial charge in [-0.25, -0.2) is 13.1 Å². The van der Waals surface area contributed by atoms with Crippen molar-refractivity contribution in [2.24, 2.45) is 0 Å². The minimum absolute atomic E-state index is 0.0196. The van der Waals surface area contributed by atoms with Gasteiger partial charge in [-0.1, -0.05) is 12.8 Å². The van der Waals surface area contributed by atoms with E-state index in [1.54, 1.807) is 24.5 Å². The van der Waals surface area contributed by atoms with Crippen LogP contribution < -0.4 is 10.0 Å². The smallest absolute Gasteiger partial charge is 0.240 e. The number of aryl methyl sites for hydroxylation is 1. The normalized spacial score (nSPS) is 17.5. The van der Waals surface area contributed by atoms with Crippen LogP contribution in [0.5, 0.6) is 0 Å². The highest BCUT2D eigenvalue weighted by Gasteiger charge is 2.23. The molecule has 7 nitrogen and oxygen atoms in total. The van der Waals surface area contributed by atoms with Crippen LogP contribution in [0.3, 0.4) is 0 Å². The van der Waals surface area contributed by atoms with E-state index in [0.29, 0.717) is 31.1 Å². The number of nitrogens with one attached hydrogen (secondary N) is 2. The third-order valence-corrected chi connectivity index (χ3v) is 7.66. The fourth-order valence-electron chi connectivity index (χ4n) is 4.55. The fraction of sp³-hybridized carbons (Fsp3) is 0.522. The van der Waals surface area contributed by atoms with E-state index < -0.39 is 10.0 Å². The Morgan fingerprint density at radius 3 is 2.74 bits per heavy atom. The highest BCUT2D eigenvalue weighted by atomic mass is 32.2. The first-order valence-electron chi connectivity index (χ1n) is 11.2. The second-order valence-electron chi connectivity index (χ2n) is 8.46. The molecule has 0 radical (unpaired) electrons. The first-order valence-corrected chi connectivity index (χ1v) is 12.7. The van der Waals surface area contributed by atoms with E-state index >= 15 is 0 Å². The maximum Gasteiger partial charge on any atom is 0.240 e. The monoisotopic (exact) mass is 445 g/mol. The summed E-state index contributed by atoms with van der Waals surface area (Å²) < 4.78 is 33.9. The van der Waals surface area contributed by atoms with Gasteiger partial charge in [0.2, 0.25) is 15.9 Å². The van der Waals surface area contributed by atoms with Crippen molar-refractivity contribution in [1.29, 1.82) is 0 Å². The van der Waals surface area contributed by atoms with Crippen molar-refractivity contribution in [3.8, 4) is 0 Å². The van der Waals surface area contributed by atoms with E-state index in [1.165, 1.54) is 25.7 Å². The number of furan rings is 1. The lowest BCUT2D eigenvalue weighted by molar-refractivity contribution is -0.116. The van der Waals surface area contributed by atoms with E-state index in [0.717, 1.165) is 37.3 Å². The van der Waals surface area contributed by atoms with E-state index in [4.69, 9.17) is 4.42 Å². The van der Waals surface area contributed by atoms with Gasteiger partial charge in [-0.2, -0.15) is 0 Å². The van der Waals surface area contributed by atoms with E-state index in [-0.39, 0.29) is 10.8 Å². The number of hydrogen-bond donors (Lipinski definition) is 2. The Kier molecular flexibility index (Phi) is 7.09. The molecule has 1 aliphatic carbocycles. The Labute approximate surface area is 184 Å². The number of anilines is 1. The Bertz CT molecular complexity index is 982.